The molecule has 1 unspecified atom stereocenters. The van der Waals surface area contributed by atoms with Crippen LogP contribution in [0.4, 0.5) is 5.69 Å². The minimum atomic E-state index is -0.679. The Labute approximate surface area is 234 Å². The first-order valence-electron chi connectivity index (χ1n) is 14.9. The molecular formula is C32H39N5O3. The van der Waals surface area contributed by atoms with Gasteiger partial charge in [-0.2, -0.15) is 0 Å². The summed E-state index contributed by atoms with van der Waals surface area (Å²) in [5, 5.41) is 6.39. The summed E-state index contributed by atoms with van der Waals surface area (Å²) in [6, 6.07) is 14.0. The molecule has 5 fully saturated rings. The Morgan fingerprint density at radius 3 is 2.30 bits per heavy atom. The van der Waals surface area contributed by atoms with Crippen molar-refractivity contribution in [2.75, 3.05) is 11.9 Å². The summed E-state index contributed by atoms with van der Waals surface area (Å²) in [5.41, 5.74) is 5.11. The molecule has 3 aromatic rings. The molecule has 210 valence electrons. The number of imide groups is 1. The number of piperidine rings is 1. The second kappa shape index (κ2) is 9.61. The van der Waals surface area contributed by atoms with Crippen LogP contribution in [0.25, 0.3) is 11.0 Å². The molecule has 1 atom stereocenters. The van der Waals surface area contributed by atoms with E-state index in [2.05, 4.69) is 46.8 Å². The number of aromatic nitrogens is 2. The first-order valence-corrected chi connectivity index (χ1v) is 14.9. The lowest BCUT2D eigenvalue weighted by molar-refractivity contribution is -0.135. The third-order valence-corrected chi connectivity index (χ3v) is 10.2. The molecule has 5 aliphatic rings. The van der Waals surface area contributed by atoms with Gasteiger partial charge in [0, 0.05) is 44.8 Å². The number of aryl methyl sites for hydroxylation is 1. The Morgan fingerprint density at radius 2 is 1.65 bits per heavy atom. The van der Waals surface area contributed by atoms with Gasteiger partial charge in [0.15, 0.2) is 0 Å². The number of nitrogens with one attached hydrogen (secondary N) is 2. The van der Waals surface area contributed by atoms with E-state index in [0.29, 0.717) is 18.5 Å². The molecule has 1 aromatic heterocycles. The predicted molar refractivity (Wildman–Crippen MR) is 155 cm³/mol. The van der Waals surface area contributed by atoms with Crippen molar-refractivity contribution in [2.45, 2.75) is 76.0 Å². The Balaban J connectivity index is 1.07. The van der Waals surface area contributed by atoms with Gasteiger partial charge in [0.1, 0.15) is 6.04 Å². The van der Waals surface area contributed by atoms with Crippen molar-refractivity contribution >= 4 is 28.5 Å². The maximum Gasteiger partial charge on any atom is 0.329 e. The lowest BCUT2D eigenvalue weighted by atomic mass is 9.53. The van der Waals surface area contributed by atoms with Gasteiger partial charge in [-0.05, 0) is 92.0 Å². The number of fused-ring (bicyclic) bond motifs is 1. The number of imidazole rings is 1. The lowest BCUT2D eigenvalue weighted by Crippen LogP contribution is -2.58. The zero-order chi connectivity index (χ0) is 27.6. The number of carbonyl (C=O) groups excluding carboxylic acids is 2. The van der Waals surface area contributed by atoms with E-state index in [1.165, 1.54) is 44.1 Å². The average molecular weight is 542 g/mol. The van der Waals surface area contributed by atoms with Gasteiger partial charge in [0.25, 0.3) is 0 Å². The molecule has 4 aliphatic carbocycles. The first-order chi connectivity index (χ1) is 19.3. The Kier molecular flexibility index (Phi) is 6.15. The van der Waals surface area contributed by atoms with E-state index in [4.69, 9.17) is 0 Å². The highest BCUT2D eigenvalue weighted by molar-refractivity contribution is 6.00. The number of carbonyl (C=O) groups is 2. The van der Waals surface area contributed by atoms with Gasteiger partial charge in [-0.3, -0.25) is 24.0 Å². The Hall–Kier alpha value is -3.39. The molecule has 2 N–H and O–H groups in total. The van der Waals surface area contributed by atoms with Crippen LogP contribution in [0.2, 0.25) is 0 Å². The number of para-hydroxylation sites is 1. The maximum absolute atomic E-state index is 13.3. The van der Waals surface area contributed by atoms with Crippen LogP contribution in [0.1, 0.15) is 68.5 Å². The third-order valence-electron chi connectivity index (χ3n) is 10.2. The normalized spacial score (nSPS) is 29.2. The van der Waals surface area contributed by atoms with Crippen LogP contribution in [0.5, 0.6) is 0 Å². The van der Waals surface area contributed by atoms with Crippen molar-refractivity contribution in [3.05, 3.63) is 64.1 Å². The summed E-state index contributed by atoms with van der Waals surface area (Å²) in [6.45, 7) is 1.54. The van der Waals surface area contributed by atoms with Gasteiger partial charge in [-0.15, -0.1) is 0 Å². The van der Waals surface area contributed by atoms with Crippen LogP contribution in [0.3, 0.4) is 0 Å². The van der Waals surface area contributed by atoms with Crippen LogP contribution >= 0.6 is 0 Å². The van der Waals surface area contributed by atoms with Gasteiger partial charge >= 0.3 is 5.69 Å². The van der Waals surface area contributed by atoms with E-state index in [1.807, 2.05) is 18.2 Å². The zero-order valence-electron chi connectivity index (χ0n) is 23.5. The number of hydrogen-bond acceptors (Lipinski definition) is 5. The second-order valence-electron chi connectivity index (χ2n) is 13.0. The van der Waals surface area contributed by atoms with Gasteiger partial charge in [0.2, 0.25) is 11.8 Å². The Bertz CT molecular complexity index is 1500. The summed E-state index contributed by atoms with van der Waals surface area (Å²) in [5.74, 6) is 2.14. The molecule has 4 saturated carbocycles. The summed E-state index contributed by atoms with van der Waals surface area (Å²) in [7, 11) is 3.82. The summed E-state index contributed by atoms with van der Waals surface area (Å²) < 4.78 is 3.17. The smallest absolute Gasteiger partial charge is 0.329 e. The van der Waals surface area contributed by atoms with Gasteiger partial charge in [0.05, 0.1) is 11.0 Å². The average Bonchev–Trinajstić information content (AvgIpc) is 3.17. The minimum Gasteiger partial charge on any atom is -0.370 e. The highest BCUT2D eigenvalue weighted by atomic mass is 16.2. The molecule has 1 aliphatic heterocycles. The van der Waals surface area contributed by atoms with Crippen molar-refractivity contribution in [1.82, 2.24) is 19.8 Å². The van der Waals surface area contributed by atoms with Gasteiger partial charge in [-0.25, -0.2) is 4.79 Å². The molecule has 8 nitrogen and oxygen atoms in total. The van der Waals surface area contributed by atoms with E-state index >= 15 is 0 Å². The number of anilines is 1. The van der Waals surface area contributed by atoms with Crippen LogP contribution in [-0.4, -0.2) is 33.5 Å². The molecule has 2 amide bonds. The molecule has 4 bridgehead atoms. The molecule has 1 saturated heterocycles. The second-order valence-corrected chi connectivity index (χ2v) is 13.0. The van der Waals surface area contributed by atoms with Crippen LogP contribution in [0, 0.1) is 17.8 Å². The van der Waals surface area contributed by atoms with E-state index in [9.17, 15) is 14.4 Å². The van der Waals surface area contributed by atoms with Crippen molar-refractivity contribution in [1.29, 1.82) is 0 Å². The Morgan fingerprint density at radius 1 is 0.975 bits per heavy atom. The highest BCUT2D eigenvalue weighted by Crippen LogP contribution is 2.55. The molecule has 40 heavy (non-hydrogen) atoms. The SMILES string of the molecule is CN(Cc1cccc2c1n(C)c(=O)n2C1CCC(=O)NC1=O)c1ccc(CNC23CC4CC(CC(C4)C2)C3)cc1. The predicted octanol–water partition coefficient (Wildman–Crippen LogP) is 4.01. The number of amides is 2. The third kappa shape index (κ3) is 4.37. The molecule has 8 rings (SSSR count). The van der Waals surface area contributed by atoms with Crippen molar-refractivity contribution < 1.29 is 9.59 Å². The van der Waals surface area contributed by atoms with Crippen molar-refractivity contribution in [3.63, 3.8) is 0 Å². The van der Waals surface area contributed by atoms with E-state index in [-0.39, 0.29) is 18.0 Å². The minimum absolute atomic E-state index is 0.232. The number of benzene rings is 2. The summed E-state index contributed by atoms with van der Waals surface area (Å²) >= 11 is 0. The van der Waals surface area contributed by atoms with E-state index in [0.717, 1.165) is 46.6 Å². The quantitative estimate of drug-likeness (QED) is 0.442. The fraction of sp³-hybridized carbons (Fsp3) is 0.531. The van der Waals surface area contributed by atoms with Gasteiger partial charge < -0.3 is 10.2 Å². The first kappa shape index (κ1) is 25.6. The van der Waals surface area contributed by atoms with Crippen LogP contribution in [0.15, 0.2) is 47.3 Å². The molecule has 2 heterocycles. The van der Waals surface area contributed by atoms with Crippen molar-refractivity contribution in [2.24, 2.45) is 24.8 Å². The number of rotatable bonds is 7. The summed E-state index contributed by atoms with van der Waals surface area (Å²) in [6.07, 6.45) is 9.04. The molecular weight excluding hydrogens is 502 g/mol. The fourth-order valence-electron chi connectivity index (χ4n) is 8.71. The van der Waals surface area contributed by atoms with Crippen LogP contribution < -0.4 is 21.2 Å². The maximum atomic E-state index is 13.3. The number of hydrogen-bond donors (Lipinski definition) is 2. The van der Waals surface area contributed by atoms with E-state index < -0.39 is 11.9 Å². The molecule has 0 radical (unpaired) electrons. The van der Waals surface area contributed by atoms with Gasteiger partial charge in [-0.1, -0.05) is 24.3 Å². The largest absolute Gasteiger partial charge is 0.370 e. The van der Waals surface area contributed by atoms with E-state index in [1.54, 1.807) is 16.2 Å². The van der Waals surface area contributed by atoms with Crippen molar-refractivity contribution in [3.8, 4) is 0 Å². The zero-order valence-corrected chi connectivity index (χ0v) is 23.5. The molecule has 8 heteroatoms. The topological polar surface area (TPSA) is 88.4 Å². The lowest BCUT2D eigenvalue weighted by Gasteiger charge is -2.57. The summed E-state index contributed by atoms with van der Waals surface area (Å²) in [4.78, 5) is 39.7. The standard InChI is InChI=1S/C32H39N5O3/c1-35(25-8-6-20(7-9-25)18-33-32-15-21-12-22(16-32)14-23(13-21)17-32)19-24-4-3-5-26-29(24)36(2)31(40)37(26)27-10-11-28(38)34-30(27)39/h3-9,21-23,27,33H,10-19H2,1-2H3,(H,34,38,39). The fourth-order valence-corrected chi connectivity index (χ4v) is 8.71. The number of nitrogens with zero attached hydrogens (tertiary/aromatic N) is 3. The monoisotopic (exact) mass is 541 g/mol. The molecule has 2 aromatic carbocycles. The molecule has 0 spiro atoms. The van der Waals surface area contributed by atoms with Crippen LogP contribution in [-0.2, 0) is 29.7 Å². The highest BCUT2D eigenvalue weighted by Gasteiger charge is 2.50.